The zero-order valence-corrected chi connectivity index (χ0v) is 14.4. The highest BCUT2D eigenvalue weighted by Gasteiger charge is 2.18. The highest BCUT2D eigenvalue weighted by atomic mass is 16.3. The molecule has 1 aromatic carbocycles. The van der Waals surface area contributed by atoms with Gasteiger partial charge in [0.2, 0.25) is 0 Å². The molecule has 5 nitrogen and oxygen atoms in total. The summed E-state index contributed by atoms with van der Waals surface area (Å²) in [5, 5.41) is 6.85. The van der Waals surface area contributed by atoms with E-state index >= 15 is 0 Å². The molecule has 1 atom stereocenters. The monoisotopic (exact) mass is 326 g/mol. The molecule has 0 aliphatic heterocycles. The molecule has 2 N–H and O–H groups in total. The molecule has 0 bridgehead atoms. The van der Waals surface area contributed by atoms with E-state index in [1.54, 1.807) is 0 Å². The van der Waals surface area contributed by atoms with Gasteiger partial charge < -0.3 is 19.5 Å². The number of rotatable bonds is 4. The molecule has 24 heavy (non-hydrogen) atoms. The fourth-order valence-electron chi connectivity index (χ4n) is 2.95. The molecule has 5 heteroatoms. The summed E-state index contributed by atoms with van der Waals surface area (Å²) in [5.74, 6) is 2.45. The topological polar surface area (TPSA) is 67.4 Å². The van der Waals surface area contributed by atoms with Crippen LogP contribution < -0.4 is 10.6 Å². The fourth-order valence-corrected chi connectivity index (χ4v) is 2.95. The Morgan fingerprint density at radius 1 is 1.17 bits per heavy atom. The lowest BCUT2D eigenvalue weighted by molar-refractivity contribution is 0.236. The Morgan fingerprint density at radius 2 is 1.92 bits per heavy atom. The van der Waals surface area contributed by atoms with Crippen molar-refractivity contribution in [2.24, 2.45) is 0 Å². The van der Waals surface area contributed by atoms with E-state index < -0.39 is 0 Å². The van der Waals surface area contributed by atoms with E-state index in [9.17, 15) is 4.79 Å². The molecule has 0 aliphatic carbocycles. The summed E-state index contributed by atoms with van der Waals surface area (Å²) < 4.78 is 11.3. The van der Waals surface area contributed by atoms with Crippen LogP contribution in [0.1, 0.15) is 41.4 Å². The van der Waals surface area contributed by atoms with Crippen LogP contribution in [0.5, 0.6) is 0 Å². The number of hydrogen-bond donors (Lipinski definition) is 2. The van der Waals surface area contributed by atoms with Crippen LogP contribution in [0.15, 0.2) is 39.2 Å². The third kappa shape index (κ3) is 3.15. The number of carbonyl (C=O) groups excluding carboxylic acids is 1. The summed E-state index contributed by atoms with van der Waals surface area (Å²) in [4.78, 5) is 12.2. The summed E-state index contributed by atoms with van der Waals surface area (Å²) in [7, 11) is 0. The van der Waals surface area contributed by atoms with Crippen LogP contribution in [-0.2, 0) is 6.54 Å². The SMILES string of the molecule is Cc1cc(CNC(=O)NC(C)c2oc3ccccc3c2C)c(C)o1. The first-order valence-corrected chi connectivity index (χ1v) is 8.04. The van der Waals surface area contributed by atoms with Gasteiger partial charge >= 0.3 is 6.03 Å². The number of benzene rings is 1. The number of para-hydroxylation sites is 1. The normalized spacial score (nSPS) is 12.3. The minimum Gasteiger partial charge on any atom is -0.466 e. The molecule has 0 aliphatic rings. The van der Waals surface area contributed by atoms with Crippen LogP contribution in [0, 0.1) is 20.8 Å². The van der Waals surface area contributed by atoms with Crippen molar-refractivity contribution >= 4 is 17.0 Å². The van der Waals surface area contributed by atoms with Crippen molar-refractivity contribution in [3.8, 4) is 0 Å². The average molecular weight is 326 g/mol. The molecule has 2 heterocycles. The van der Waals surface area contributed by atoms with Crippen molar-refractivity contribution in [2.45, 2.75) is 40.3 Å². The van der Waals surface area contributed by atoms with Crippen molar-refractivity contribution in [2.75, 3.05) is 0 Å². The van der Waals surface area contributed by atoms with Crippen molar-refractivity contribution < 1.29 is 13.6 Å². The molecule has 3 rings (SSSR count). The lowest BCUT2D eigenvalue weighted by atomic mass is 10.1. The second-order valence-electron chi connectivity index (χ2n) is 6.07. The quantitative estimate of drug-likeness (QED) is 0.741. The van der Waals surface area contributed by atoms with Crippen LogP contribution in [-0.4, -0.2) is 6.03 Å². The molecular formula is C19H22N2O3. The first-order chi connectivity index (χ1) is 11.5. The van der Waals surface area contributed by atoms with Crippen molar-refractivity contribution in [3.63, 3.8) is 0 Å². The Bertz CT molecular complexity index is 876. The maximum atomic E-state index is 12.2. The Morgan fingerprint density at radius 3 is 2.58 bits per heavy atom. The van der Waals surface area contributed by atoms with Crippen LogP contribution in [0.4, 0.5) is 4.79 Å². The zero-order chi connectivity index (χ0) is 17.3. The van der Waals surface area contributed by atoms with Gasteiger partial charge in [-0.15, -0.1) is 0 Å². The Kier molecular flexibility index (Phi) is 4.34. The van der Waals surface area contributed by atoms with Gasteiger partial charge in [0.1, 0.15) is 22.9 Å². The lowest BCUT2D eigenvalue weighted by Crippen LogP contribution is -2.36. The lowest BCUT2D eigenvalue weighted by Gasteiger charge is -2.13. The summed E-state index contributed by atoms with van der Waals surface area (Å²) in [6.07, 6.45) is 0. The van der Waals surface area contributed by atoms with E-state index in [1.165, 1.54) is 0 Å². The molecule has 0 spiro atoms. The Hall–Kier alpha value is -2.69. The van der Waals surface area contributed by atoms with Crippen molar-refractivity contribution in [1.82, 2.24) is 10.6 Å². The molecule has 0 saturated carbocycles. The van der Waals surface area contributed by atoms with Gasteiger partial charge in [0.25, 0.3) is 0 Å². The fraction of sp³-hybridized carbons (Fsp3) is 0.316. The van der Waals surface area contributed by atoms with Crippen LogP contribution in [0.25, 0.3) is 11.0 Å². The maximum Gasteiger partial charge on any atom is 0.315 e. The van der Waals surface area contributed by atoms with E-state index in [0.717, 1.165) is 39.4 Å². The number of carbonyl (C=O) groups is 1. The van der Waals surface area contributed by atoms with Crippen molar-refractivity contribution in [1.29, 1.82) is 0 Å². The standard InChI is InChI=1S/C19H22N2O3/c1-11-9-15(14(4)23-11)10-20-19(22)21-13(3)18-12(2)16-7-5-6-8-17(16)24-18/h5-9,13H,10H2,1-4H3,(H2,20,21,22). The summed E-state index contributed by atoms with van der Waals surface area (Å²) in [6, 6.07) is 9.36. The third-order valence-corrected chi connectivity index (χ3v) is 4.20. The number of nitrogens with one attached hydrogen (secondary N) is 2. The second kappa shape index (κ2) is 6.43. The van der Waals surface area contributed by atoms with Gasteiger partial charge in [0.05, 0.1) is 6.04 Å². The molecule has 0 radical (unpaired) electrons. The first kappa shape index (κ1) is 16.2. The second-order valence-corrected chi connectivity index (χ2v) is 6.07. The van der Waals surface area contributed by atoms with Gasteiger partial charge in [-0.25, -0.2) is 4.79 Å². The number of furan rings is 2. The van der Waals surface area contributed by atoms with Crippen LogP contribution in [0.2, 0.25) is 0 Å². The zero-order valence-electron chi connectivity index (χ0n) is 14.4. The van der Waals surface area contributed by atoms with Gasteiger partial charge in [0.15, 0.2) is 0 Å². The number of hydrogen-bond acceptors (Lipinski definition) is 3. The third-order valence-electron chi connectivity index (χ3n) is 4.20. The van der Waals surface area contributed by atoms with Crippen molar-refractivity contribution in [3.05, 3.63) is 58.7 Å². The number of aryl methyl sites for hydroxylation is 3. The molecular weight excluding hydrogens is 304 g/mol. The van der Waals surface area contributed by atoms with E-state index in [-0.39, 0.29) is 12.1 Å². The summed E-state index contributed by atoms with van der Waals surface area (Å²) in [5.41, 5.74) is 2.87. The molecule has 126 valence electrons. The summed E-state index contributed by atoms with van der Waals surface area (Å²) >= 11 is 0. The minimum absolute atomic E-state index is 0.218. The molecule has 3 aromatic rings. The first-order valence-electron chi connectivity index (χ1n) is 8.04. The number of fused-ring (bicyclic) bond motifs is 1. The predicted molar refractivity (Wildman–Crippen MR) is 92.9 cm³/mol. The average Bonchev–Trinajstić information content (AvgIpc) is 3.05. The smallest absolute Gasteiger partial charge is 0.315 e. The molecule has 2 aromatic heterocycles. The molecule has 1 unspecified atom stereocenters. The highest BCUT2D eigenvalue weighted by Crippen LogP contribution is 2.29. The van der Waals surface area contributed by atoms with Gasteiger partial charge in [-0.1, -0.05) is 18.2 Å². The molecule has 0 fully saturated rings. The van der Waals surface area contributed by atoms with Gasteiger partial charge in [0, 0.05) is 23.1 Å². The van der Waals surface area contributed by atoms with E-state index in [4.69, 9.17) is 8.83 Å². The van der Waals surface area contributed by atoms with E-state index in [2.05, 4.69) is 10.6 Å². The van der Waals surface area contributed by atoms with Gasteiger partial charge in [-0.3, -0.25) is 0 Å². The summed E-state index contributed by atoms with van der Waals surface area (Å²) in [6.45, 7) is 8.14. The Labute approximate surface area is 141 Å². The maximum absolute atomic E-state index is 12.2. The Balaban J connectivity index is 1.65. The highest BCUT2D eigenvalue weighted by molar-refractivity contribution is 5.82. The largest absolute Gasteiger partial charge is 0.466 e. The van der Waals surface area contributed by atoms with Gasteiger partial charge in [-0.05, 0) is 39.8 Å². The van der Waals surface area contributed by atoms with Crippen LogP contribution in [0.3, 0.4) is 0 Å². The van der Waals surface area contributed by atoms with Gasteiger partial charge in [-0.2, -0.15) is 0 Å². The van der Waals surface area contributed by atoms with Crippen LogP contribution >= 0.6 is 0 Å². The number of urea groups is 1. The predicted octanol–water partition coefficient (Wildman–Crippen LogP) is 4.51. The van der Waals surface area contributed by atoms with E-state index in [0.29, 0.717) is 6.54 Å². The van der Waals surface area contributed by atoms with E-state index in [1.807, 2.05) is 58.0 Å². The molecule has 0 saturated heterocycles. The number of amides is 2. The molecule has 2 amide bonds. The minimum atomic E-state index is -0.236.